The van der Waals surface area contributed by atoms with Crippen molar-refractivity contribution in [2.75, 3.05) is 13.6 Å². The van der Waals surface area contributed by atoms with Crippen LogP contribution in [0.4, 0.5) is 9.18 Å². The van der Waals surface area contributed by atoms with Crippen LogP contribution in [-0.4, -0.2) is 41.2 Å². The van der Waals surface area contributed by atoms with Crippen LogP contribution < -0.4 is 5.32 Å². The molecule has 1 aliphatic heterocycles. The highest BCUT2D eigenvalue weighted by atomic mass is 19.1. The summed E-state index contributed by atoms with van der Waals surface area (Å²) in [6.07, 6.45) is 0.285. The molecule has 1 fully saturated rings. The number of carbonyl (C=O) groups is 3. The summed E-state index contributed by atoms with van der Waals surface area (Å²) in [6.45, 7) is 3.75. The number of hydrogen-bond donors (Lipinski definition) is 1. The number of halogens is 1. The van der Waals surface area contributed by atoms with E-state index in [0.29, 0.717) is 12.1 Å². The summed E-state index contributed by atoms with van der Waals surface area (Å²) in [5.74, 6) is -1.28. The first-order valence-corrected chi connectivity index (χ1v) is 9.47. The normalized spacial score (nSPS) is 18.7. The lowest BCUT2D eigenvalue weighted by molar-refractivity contribution is -0.138. The number of imide groups is 1. The van der Waals surface area contributed by atoms with E-state index in [-0.39, 0.29) is 18.9 Å². The largest absolute Gasteiger partial charge is 0.340 e. The first-order valence-electron chi connectivity index (χ1n) is 9.47. The van der Waals surface area contributed by atoms with Crippen LogP contribution in [0.5, 0.6) is 0 Å². The minimum Gasteiger partial charge on any atom is -0.340 e. The SMILES string of the molecule is CC[C@]1(c2ccc(F)cc2)NC(=O)N(CC(=O)N(C)Cc2ccccc2C)C1=O. The van der Waals surface area contributed by atoms with Gasteiger partial charge in [-0.25, -0.2) is 9.18 Å². The monoisotopic (exact) mass is 397 g/mol. The van der Waals surface area contributed by atoms with Gasteiger partial charge < -0.3 is 10.2 Å². The van der Waals surface area contributed by atoms with E-state index < -0.39 is 23.3 Å². The Kier molecular flexibility index (Phi) is 5.68. The number of benzene rings is 2. The Hall–Kier alpha value is -3.22. The third kappa shape index (κ3) is 3.85. The Morgan fingerprint density at radius 1 is 1.14 bits per heavy atom. The number of likely N-dealkylation sites (N-methyl/N-ethyl adjacent to an activating group) is 1. The molecule has 2 aromatic rings. The Morgan fingerprint density at radius 2 is 1.79 bits per heavy atom. The van der Waals surface area contributed by atoms with Gasteiger partial charge in [0.2, 0.25) is 5.91 Å². The molecule has 0 spiro atoms. The Balaban J connectivity index is 1.76. The molecule has 2 aromatic carbocycles. The molecular formula is C22H24FN3O3. The van der Waals surface area contributed by atoms with Gasteiger partial charge in [0, 0.05) is 13.6 Å². The maximum atomic E-state index is 13.3. The highest BCUT2D eigenvalue weighted by Crippen LogP contribution is 2.32. The van der Waals surface area contributed by atoms with Crippen molar-refractivity contribution in [1.82, 2.24) is 15.1 Å². The van der Waals surface area contributed by atoms with Crippen LogP contribution in [0.3, 0.4) is 0 Å². The molecule has 1 atom stereocenters. The van der Waals surface area contributed by atoms with E-state index in [1.54, 1.807) is 14.0 Å². The van der Waals surface area contributed by atoms with Gasteiger partial charge in [-0.3, -0.25) is 14.5 Å². The summed E-state index contributed by atoms with van der Waals surface area (Å²) in [5.41, 5.74) is 1.25. The van der Waals surface area contributed by atoms with Gasteiger partial charge in [0.1, 0.15) is 17.9 Å². The van der Waals surface area contributed by atoms with Crippen LogP contribution in [0.25, 0.3) is 0 Å². The van der Waals surface area contributed by atoms with Gasteiger partial charge >= 0.3 is 6.03 Å². The fourth-order valence-corrected chi connectivity index (χ4v) is 3.53. The average molecular weight is 397 g/mol. The Labute approximate surface area is 169 Å². The predicted octanol–water partition coefficient (Wildman–Crippen LogP) is 2.95. The van der Waals surface area contributed by atoms with Crippen molar-refractivity contribution in [3.8, 4) is 0 Å². The predicted molar refractivity (Wildman–Crippen MR) is 106 cm³/mol. The summed E-state index contributed by atoms with van der Waals surface area (Å²) < 4.78 is 13.3. The maximum absolute atomic E-state index is 13.3. The molecule has 1 aliphatic rings. The second kappa shape index (κ2) is 8.03. The molecule has 4 amide bonds. The van der Waals surface area contributed by atoms with Gasteiger partial charge in [-0.05, 0) is 42.2 Å². The average Bonchev–Trinajstić information content (AvgIpc) is 2.95. The molecule has 6 nitrogen and oxygen atoms in total. The van der Waals surface area contributed by atoms with Gasteiger partial charge in [0.05, 0.1) is 0 Å². The quantitative estimate of drug-likeness (QED) is 0.762. The molecule has 3 rings (SSSR count). The van der Waals surface area contributed by atoms with E-state index in [0.717, 1.165) is 16.0 Å². The van der Waals surface area contributed by atoms with Crippen molar-refractivity contribution in [3.05, 3.63) is 71.0 Å². The zero-order chi connectivity index (χ0) is 21.2. The number of hydrogen-bond acceptors (Lipinski definition) is 3. The van der Waals surface area contributed by atoms with Crippen molar-refractivity contribution >= 4 is 17.8 Å². The van der Waals surface area contributed by atoms with Crippen LogP contribution >= 0.6 is 0 Å². The molecule has 29 heavy (non-hydrogen) atoms. The van der Waals surface area contributed by atoms with Crippen molar-refractivity contribution in [2.45, 2.75) is 32.4 Å². The van der Waals surface area contributed by atoms with Crippen LogP contribution in [-0.2, 0) is 21.7 Å². The van der Waals surface area contributed by atoms with Gasteiger partial charge in [-0.2, -0.15) is 0 Å². The molecule has 152 valence electrons. The Bertz CT molecular complexity index is 945. The fourth-order valence-electron chi connectivity index (χ4n) is 3.53. The van der Waals surface area contributed by atoms with Crippen LogP contribution in [0.2, 0.25) is 0 Å². The number of rotatable bonds is 6. The smallest absolute Gasteiger partial charge is 0.325 e. The lowest BCUT2D eigenvalue weighted by Gasteiger charge is -2.26. The molecule has 0 radical (unpaired) electrons. The van der Waals surface area contributed by atoms with E-state index in [4.69, 9.17) is 0 Å². The number of amides is 4. The molecule has 1 saturated heterocycles. The molecule has 0 bridgehead atoms. The molecular weight excluding hydrogens is 373 g/mol. The number of nitrogens with zero attached hydrogens (tertiary/aromatic N) is 2. The van der Waals surface area contributed by atoms with Crippen molar-refractivity contribution in [1.29, 1.82) is 0 Å². The highest BCUT2D eigenvalue weighted by Gasteiger charge is 2.51. The third-order valence-corrected chi connectivity index (χ3v) is 5.43. The van der Waals surface area contributed by atoms with E-state index in [9.17, 15) is 18.8 Å². The number of urea groups is 1. The molecule has 0 unspecified atom stereocenters. The first-order chi connectivity index (χ1) is 13.8. The van der Waals surface area contributed by atoms with Crippen LogP contribution in [0, 0.1) is 12.7 Å². The van der Waals surface area contributed by atoms with Crippen molar-refractivity contribution in [3.63, 3.8) is 0 Å². The first kappa shape index (κ1) is 20.5. The van der Waals surface area contributed by atoms with Crippen LogP contribution in [0.15, 0.2) is 48.5 Å². The summed E-state index contributed by atoms with van der Waals surface area (Å²) in [4.78, 5) is 40.7. The summed E-state index contributed by atoms with van der Waals surface area (Å²) >= 11 is 0. The van der Waals surface area contributed by atoms with Crippen molar-refractivity contribution in [2.24, 2.45) is 0 Å². The lowest BCUT2D eigenvalue weighted by Crippen LogP contribution is -2.45. The molecule has 1 heterocycles. The summed E-state index contributed by atoms with van der Waals surface area (Å²) in [7, 11) is 1.64. The Morgan fingerprint density at radius 3 is 2.41 bits per heavy atom. The van der Waals surface area contributed by atoms with Gasteiger partial charge in [-0.1, -0.05) is 43.3 Å². The van der Waals surface area contributed by atoms with Gasteiger partial charge in [0.15, 0.2) is 0 Å². The molecule has 0 aliphatic carbocycles. The van der Waals surface area contributed by atoms with Crippen LogP contribution in [0.1, 0.15) is 30.0 Å². The highest BCUT2D eigenvalue weighted by molar-refractivity contribution is 6.09. The van der Waals surface area contributed by atoms with E-state index in [1.165, 1.54) is 29.2 Å². The zero-order valence-electron chi connectivity index (χ0n) is 16.7. The van der Waals surface area contributed by atoms with E-state index in [2.05, 4.69) is 5.32 Å². The summed E-state index contributed by atoms with van der Waals surface area (Å²) in [6, 6.07) is 12.5. The molecule has 0 saturated carbocycles. The summed E-state index contributed by atoms with van der Waals surface area (Å²) in [5, 5.41) is 2.70. The molecule has 7 heteroatoms. The standard InChI is InChI=1S/C22H24FN3O3/c1-4-22(17-9-11-18(23)12-10-17)20(28)26(21(29)24-22)14-19(27)25(3)13-16-8-6-5-7-15(16)2/h5-12H,4,13-14H2,1-3H3,(H,24,29)/t22-/m1/s1. The maximum Gasteiger partial charge on any atom is 0.325 e. The second-order valence-corrected chi connectivity index (χ2v) is 7.26. The zero-order valence-corrected chi connectivity index (χ0v) is 16.7. The minimum absolute atomic E-state index is 0.285. The molecule has 1 N–H and O–H groups in total. The number of nitrogens with one attached hydrogen (secondary N) is 1. The fraction of sp³-hybridized carbons (Fsp3) is 0.318. The topological polar surface area (TPSA) is 69.7 Å². The van der Waals surface area contributed by atoms with E-state index >= 15 is 0 Å². The lowest BCUT2D eigenvalue weighted by atomic mass is 9.87. The van der Waals surface area contributed by atoms with Gasteiger partial charge in [-0.15, -0.1) is 0 Å². The van der Waals surface area contributed by atoms with Gasteiger partial charge in [0.25, 0.3) is 5.91 Å². The third-order valence-electron chi connectivity index (χ3n) is 5.43. The number of aryl methyl sites for hydroxylation is 1. The van der Waals surface area contributed by atoms with Crippen molar-refractivity contribution < 1.29 is 18.8 Å². The number of carbonyl (C=O) groups excluding carboxylic acids is 3. The van der Waals surface area contributed by atoms with E-state index in [1.807, 2.05) is 31.2 Å². The molecule has 0 aromatic heterocycles. The second-order valence-electron chi connectivity index (χ2n) is 7.26. The minimum atomic E-state index is -1.29.